The van der Waals surface area contributed by atoms with Crippen molar-refractivity contribution >= 4 is 6.29 Å². The van der Waals surface area contributed by atoms with E-state index in [1.165, 1.54) is 12.1 Å². The SMILES string of the molecule is O=CC1([C@@H](C[N+](=O)[O-])c2ccc(C(F)(F)F)cc2)CCCC1. The summed E-state index contributed by atoms with van der Waals surface area (Å²) in [6, 6.07) is 4.33. The lowest BCUT2D eigenvalue weighted by Gasteiger charge is -2.30. The molecule has 0 aromatic heterocycles. The van der Waals surface area contributed by atoms with Gasteiger partial charge in [0.25, 0.3) is 0 Å². The normalized spacial score (nSPS) is 18.9. The molecule has 0 saturated heterocycles. The van der Waals surface area contributed by atoms with Gasteiger partial charge in [-0.3, -0.25) is 10.1 Å². The molecule has 1 aromatic rings. The lowest BCUT2D eigenvalue weighted by molar-refractivity contribution is -0.485. The molecule has 0 bridgehead atoms. The second-order valence-electron chi connectivity index (χ2n) is 5.75. The van der Waals surface area contributed by atoms with Crippen molar-refractivity contribution in [3.63, 3.8) is 0 Å². The number of nitrogens with zero attached hydrogens (tertiary/aromatic N) is 1. The van der Waals surface area contributed by atoms with Crippen LogP contribution in [0.3, 0.4) is 0 Å². The van der Waals surface area contributed by atoms with Gasteiger partial charge in [0.05, 0.1) is 11.5 Å². The maximum atomic E-state index is 12.6. The van der Waals surface area contributed by atoms with Gasteiger partial charge in [0.2, 0.25) is 6.54 Å². The second kappa shape index (κ2) is 6.06. The summed E-state index contributed by atoms with van der Waals surface area (Å²) in [5.41, 5.74) is -1.23. The highest BCUT2D eigenvalue weighted by molar-refractivity contribution is 5.62. The van der Waals surface area contributed by atoms with E-state index in [4.69, 9.17) is 0 Å². The molecule has 0 N–H and O–H groups in total. The summed E-state index contributed by atoms with van der Waals surface area (Å²) in [5.74, 6) is -0.690. The van der Waals surface area contributed by atoms with E-state index in [-0.39, 0.29) is 0 Å². The van der Waals surface area contributed by atoms with Crippen LogP contribution in [0.4, 0.5) is 13.2 Å². The fourth-order valence-corrected chi connectivity index (χ4v) is 3.25. The summed E-state index contributed by atoms with van der Waals surface area (Å²) in [6.45, 7) is -0.454. The molecular formula is C15H16F3NO3. The topological polar surface area (TPSA) is 60.2 Å². The number of nitro groups is 1. The van der Waals surface area contributed by atoms with Gasteiger partial charge in [-0.25, -0.2) is 0 Å². The summed E-state index contributed by atoms with van der Waals surface area (Å²) in [4.78, 5) is 22.0. The molecule has 0 radical (unpaired) electrons. The zero-order valence-electron chi connectivity index (χ0n) is 11.8. The third-order valence-corrected chi connectivity index (χ3v) is 4.44. The Labute approximate surface area is 125 Å². The van der Waals surface area contributed by atoms with Crippen molar-refractivity contribution in [1.29, 1.82) is 0 Å². The minimum atomic E-state index is -4.45. The van der Waals surface area contributed by atoms with Crippen LogP contribution in [-0.4, -0.2) is 17.8 Å². The monoisotopic (exact) mass is 315 g/mol. The second-order valence-corrected chi connectivity index (χ2v) is 5.75. The van der Waals surface area contributed by atoms with Crippen molar-refractivity contribution in [3.05, 3.63) is 45.5 Å². The maximum absolute atomic E-state index is 12.6. The molecule has 1 aliphatic rings. The first kappa shape index (κ1) is 16.5. The van der Waals surface area contributed by atoms with E-state index in [0.29, 0.717) is 18.4 Å². The lowest BCUT2D eigenvalue weighted by atomic mass is 9.71. The zero-order valence-corrected chi connectivity index (χ0v) is 11.8. The van der Waals surface area contributed by atoms with Crippen LogP contribution in [-0.2, 0) is 11.0 Å². The standard InChI is InChI=1S/C15H16F3NO3/c16-15(17,18)12-5-3-11(4-6-12)13(9-19(21)22)14(10-20)7-1-2-8-14/h3-6,10,13H,1-2,7-9H2/t13-/m0/s1. The van der Waals surface area contributed by atoms with Crippen LogP contribution in [0.15, 0.2) is 24.3 Å². The molecule has 0 aliphatic heterocycles. The van der Waals surface area contributed by atoms with Gasteiger partial charge in [0, 0.05) is 10.3 Å². The van der Waals surface area contributed by atoms with Gasteiger partial charge in [0.1, 0.15) is 6.29 Å². The average molecular weight is 315 g/mol. The highest BCUT2D eigenvalue weighted by atomic mass is 19.4. The average Bonchev–Trinajstić information content (AvgIpc) is 2.94. The Balaban J connectivity index is 2.37. The zero-order chi connectivity index (χ0) is 16.4. The molecule has 1 saturated carbocycles. The Morgan fingerprint density at radius 1 is 1.23 bits per heavy atom. The van der Waals surface area contributed by atoms with Crippen LogP contribution in [0.25, 0.3) is 0 Å². The van der Waals surface area contributed by atoms with E-state index in [2.05, 4.69) is 0 Å². The minimum Gasteiger partial charge on any atom is -0.303 e. The molecule has 7 heteroatoms. The number of rotatable bonds is 5. The minimum absolute atomic E-state index is 0.415. The van der Waals surface area contributed by atoms with Crippen molar-refractivity contribution in [2.75, 3.05) is 6.54 Å². The van der Waals surface area contributed by atoms with Gasteiger partial charge in [-0.05, 0) is 30.5 Å². The van der Waals surface area contributed by atoms with E-state index in [1.807, 2.05) is 0 Å². The van der Waals surface area contributed by atoms with Gasteiger partial charge < -0.3 is 4.79 Å². The van der Waals surface area contributed by atoms with Crippen molar-refractivity contribution < 1.29 is 22.9 Å². The third kappa shape index (κ3) is 3.28. The first-order chi connectivity index (χ1) is 10.3. The Kier molecular flexibility index (Phi) is 4.53. The first-order valence-electron chi connectivity index (χ1n) is 7.04. The molecule has 0 spiro atoms. The molecule has 1 aliphatic carbocycles. The first-order valence-corrected chi connectivity index (χ1v) is 7.04. The summed E-state index contributed by atoms with van der Waals surface area (Å²) in [6.07, 6.45) is -1.02. The van der Waals surface area contributed by atoms with Crippen LogP contribution in [0.2, 0.25) is 0 Å². The summed E-state index contributed by atoms with van der Waals surface area (Å²) in [5, 5.41) is 10.9. The largest absolute Gasteiger partial charge is 0.416 e. The number of carbonyl (C=O) groups excluding carboxylic acids is 1. The van der Waals surface area contributed by atoms with Crippen molar-refractivity contribution in [2.45, 2.75) is 37.8 Å². The summed E-state index contributed by atoms with van der Waals surface area (Å²) >= 11 is 0. The third-order valence-electron chi connectivity index (χ3n) is 4.44. The van der Waals surface area contributed by atoms with Gasteiger partial charge >= 0.3 is 6.18 Å². The van der Waals surface area contributed by atoms with Crippen LogP contribution in [0.1, 0.15) is 42.7 Å². The van der Waals surface area contributed by atoms with Gasteiger partial charge in [0.15, 0.2) is 0 Å². The molecular weight excluding hydrogens is 299 g/mol. The van der Waals surface area contributed by atoms with E-state index in [9.17, 15) is 28.1 Å². The molecule has 120 valence electrons. The number of aldehydes is 1. The highest BCUT2D eigenvalue weighted by Gasteiger charge is 2.44. The fraction of sp³-hybridized carbons (Fsp3) is 0.533. The maximum Gasteiger partial charge on any atom is 0.416 e. The van der Waals surface area contributed by atoms with Crippen LogP contribution in [0.5, 0.6) is 0 Å². The number of hydrogen-bond acceptors (Lipinski definition) is 3. The van der Waals surface area contributed by atoms with Gasteiger partial charge in [-0.1, -0.05) is 25.0 Å². The molecule has 0 unspecified atom stereocenters. The summed E-state index contributed by atoms with van der Waals surface area (Å²) < 4.78 is 37.8. The fourth-order valence-electron chi connectivity index (χ4n) is 3.25. The number of carbonyl (C=O) groups is 1. The number of alkyl halides is 3. The quantitative estimate of drug-likeness (QED) is 0.471. The molecule has 2 rings (SSSR count). The lowest BCUT2D eigenvalue weighted by Crippen LogP contribution is -2.32. The van der Waals surface area contributed by atoms with E-state index >= 15 is 0 Å². The molecule has 1 atom stereocenters. The highest BCUT2D eigenvalue weighted by Crippen LogP contribution is 2.47. The van der Waals surface area contributed by atoms with Crippen LogP contribution >= 0.6 is 0 Å². The van der Waals surface area contributed by atoms with Crippen molar-refractivity contribution in [1.82, 2.24) is 0 Å². The Morgan fingerprint density at radius 2 is 1.77 bits per heavy atom. The Morgan fingerprint density at radius 3 is 2.18 bits per heavy atom. The predicted octanol–water partition coefficient (Wildman–Crippen LogP) is 3.83. The van der Waals surface area contributed by atoms with E-state index < -0.39 is 34.5 Å². The number of hydrogen-bond donors (Lipinski definition) is 0. The molecule has 0 amide bonds. The predicted molar refractivity (Wildman–Crippen MR) is 73.0 cm³/mol. The van der Waals surface area contributed by atoms with Crippen molar-refractivity contribution in [3.8, 4) is 0 Å². The summed E-state index contributed by atoms with van der Waals surface area (Å²) in [7, 11) is 0. The van der Waals surface area contributed by atoms with Crippen molar-refractivity contribution in [2.24, 2.45) is 5.41 Å². The van der Waals surface area contributed by atoms with E-state index in [0.717, 1.165) is 31.3 Å². The van der Waals surface area contributed by atoms with E-state index in [1.54, 1.807) is 0 Å². The van der Waals surface area contributed by atoms with Gasteiger partial charge in [-0.2, -0.15) is 13.2 Å². The molecule has 1 aromatic carbocycles. The molecule has 0 heterocycles. The Hall–Kier alpha value is -1.92. The molecule has 22 heavy (non-hydrogen) atoms. The molecule has 1 fully saturated rings. The Bertz CT molecular complexity index is 548. The molecule has 4 nitrogen and oxygen atoms in total. The number of halogens is 3. The van der Waals surface area contributed by atoms with Crippen LogP contribution in [0, 0.1) is 15.5 Å². The smallest absolute Gasteiger partial charge is 0.303 e. The van der Waals surface area contributed by atoms with Crippen LogP contribution < -0.4 is 0 Å². The number of benzene rings is 1. The van der Waals surface area contributed by atoms with Gasteiger partial charge in [-0.15, -0.1) is 0 Å².